The number of fused-ring (bicyclic) bond motifs is 1. The molecule has 36 heavy (non-hydrogen) atoms. The van der Waals surface area contributed by atoms with Gasteiger partial charge < -0.3 is 24.3 Å². The SMILES string of the molecule is COC(=O)[C@H](Cc1ccccc1)NC(=O)CC/C(C)=C/Cc1c(OC)c(C)c2c(c1OC)C(=O)OC2. The molecule has 0 aromatic heterocycles. The first kappa shape index (κ1) is 26.8. The lowest BCUT2D eigenvalue weighted by atomic mass is 9.94. The minimum atomic E-state index is -0.753. The van der Waals surface area contributed by atoms with Gasteiger partial charge in [0, 0.05) is 24.0 Å². The van der Waals surface area contributed by atoms with E-state index in [4.69, 9.17) is 18.9 Å². The van der Waals surface area contributed by atoms with E-state index in [0.29, 0.717) is 36.3 Å². The van der Waals surface area contributed by atoms with Crippen molar-refractivity contribution in [1.82, 2.24) is 5.32 Å². The molecule has 0 unspecified atom stereocenters. The normalized spacial score (nSPS) is 13.5. The molecular weight excluding hydrogens is 462 g/mol. The van der Waals surface area contributed by atoms with Gasteiger partial charge in [0.15, 0.2) is 0 Å². The van der Waals surface area contributed by atoms with E-state index >= 15 is 0 Å². The van der Waals surface area contributed by atoms with Crippen LogP contribution in [0.2, 0.25) is 0 Å². The number of carbonyl (C=O) groups is 3. The van der Waals surface area contributed by atoms with E-state index in [0.717, 1.165) is 27.8 Å². The average molecular weight is 496 g/mol. The first-order valence-electron chi connectivity index (χ1n) is 11.8. The van der Waals surface area contributed by atoms with Gasteiger partial charge in [-0.3, -0.25) is 4.79 Å². The molecule has 0 saturated heterocycles. The maximum Gasteiger partial charge on any atom is 0.342 e. The molecule has 0 radical (unpaired) electrons. The number of hydrogen-bond acceptors (Lipinski definition) is 7. The number of esters is 2. The number of allylic oxidation sites excluding steroid dienone is 2. The zero-order valence-electron chi connectivity index (χ0n) is 21.4. The van der Waals surface area contributed by atoms with Gasteiger partial charge in [-0.1, -0.05) is 42.0 Å². The largest absolute Gasteiger partial charge is 0.496 e. The highest BCUT2D eigenvalue weighted by Gasteiger charge is 2.32. The van der Waals surface area contributed by atoms with Crippen molar-refractivity contribution >= 4 is 17.8 Å². The second-order valence-corrected chi connectivity index (χ2v) is 8.69. The summed E-state index contributed by atoms with van der Waals surface area (Å²) in [5.74, 6) is -0.00230. The molecule has 1 atom stereocenters. The van der Waals surface area contributed by atoms with Crippen LogP contribution in [0.25, 0.3) is 0 Å². The Labute approximate surface area is 211 Å². The third kappa shape index (κ3) is 6.05. The smallest absolute Gasteiger partial charge is 0.342 e. The van der Waals surface area contributed by atoms with Crippen molar-refractivity contribution in [2.75, 3.05) is 21.3 Å². The van der Waals surface area contributed by atoms with E-state index in [2.05, 4.69) is 5.32 Å². The molecule has 1 aliphatic rings. The van der Waals surface area contributed by atoms with Crippen LogP contribution in [-0.4, -0.2) is 45.2 Å². The lowest BCUT2D eigenvalue weighted by Gasteiger charge is -2.18. The van der Waals surface area contributed by atoms with Crippen LogP contribution in [0.3, 0.4) is 0 Å². The van der Waals surface area contributed by atoms with Crippen molar-refractivity contribution in [2.45, 2.75) is 52.2 Å². The van der Waals surface area contributed by atoms with Gasteiger partial charge >= 0.3 is 11.9 Å². The summed E-state index contributed by atoms with van der Waals surface area (Å²) in [6, 6.07) is 8.71. The zero-order valence-corrected chi connectivity index (χ0v) is 21.4. The van der Waals surface area contributed by atoms with Gasteiger partial charge in [-0.05, 0) is 37.8 Å². The van der Waals surface area contributed by atoms with Gasteiger partial charge in [0.1, 0.15) is 29.7 Å². The number of carbonyl (C=O) groups excluding carboxylic acids is 3. The number of benzene rings is 2. The van der Waals surface area contributed by atoms with E-state index in [1.165, 1.54) is 14.2 Å². The Morgan fingerprint density at radius 1 is 1.08 bits per heavy atom. The molecule has 1 N–H and O–H groups in total. The number of rotatable bonds is 11. The van der Waals surface area contributed by atoms with Crippen LogP contribution in [0.1, 0.15) is 52.4 Å². The second-order valence-electron chi connectivity index (χ2n) is 8.69. The Morgan fingerprint density at radius 3 is 2.42 bits per heavy atom. The van der Waals surface area contributed by atoms with Gasteiger partial charge in [-0.25, -0.2) is 9.59 Å². The molecule has 3 rings (SSSR count). The highest BCUT2D eigenvalue weighted by atomic mass is 16.5. The summed E-state index contributed by atoms with van der Waals surface area (Å²) >= 11 is 0. The average Bonchev–Trinajstić information content (AvgIpc) is 3.27. The highest BCUT2D eigenvalue weighted by molar-refractivity contribution is 5.98. The fourth-order valence-electron chi connectivity index (χ4n) is 4.38. The third-order valence-electron chi connectivity index (χ3n) is 6.33. The Hall–Kier alpha value is -3.81. The predicted molar refractivity (Wildman–Crippen MR) is 134 cm³/mol. The van der Waals surface area contributed by atoms with Crippen molar-refractivity contribution in [3.8, 4) is 11.5 Å². The number of amides is 1. The first-order chi connectivity index (χ1) is 17.3. The fourth-order valence-corrected chi connectivity index (χ4v) is 4.38. The Balaban J connectivity index is 1.67. The molecule has 0 bridgehead atoms. The summed E-state index contributed by atoms with van der Waals surface area (Å²) in [4.78, 5) is 37.1. The molecule has 8 heteroatoms. The van der Waals surface area contributed by atoms with Gasteiger partial charge in [0.2, 0.25) is 5.91 Å². The molecule has 2 aromatic rings. The summed E-state index contributed by atoms with van der Waals surface area (Å²) in [6.45, 7) is 4.03. The van der Waals surface area contributed by atoms with E-state index in [1.54, 1.807) is 7.11 Å². The minimum absolute atomic E-state index is 0.202. The minimum Gasteiger partial charge on any atom is -0.496 e. The second kappa shape index (κ2) is 12.2. The van der Waals surface area contributed by atoms with E-state index in [-0.39, 0.29) is 18.9 Å². The Bertz CT molecular complexity index is 1150. The topological polar surface area (TPSA) is 100 Å². The molecule has 0 fully saturated rings. The van der Waals surface area contributed by atoms with Gasteiger partial charge in [0.25, 0.3) is 0 Å². The van der Waals surface area contributed by atoms with E-state index in [9.17, 15) is 14.4 Å². The Kier molecular flexibility index (Phi) is 9.11. The number of nitrogens with one attached hydrogen (secondary N) is 1. The number of ether oxygens (including phenoxy) is 4. The van der Waals surface area contributed by atoms with Crippen molar-refractivity contribution in [3.63, 3.8) is 0 Å². The number of cyclic esters (lactones) is 1. The zero-order chi connectivity index (χ0) is 26.2. The number of hydrogen-bond donors (Lipinski definition) is 1. The van der Waals surface area contributed by atoms with E-state index < -0.39 is 18.0 Å². The monoisotopic (exact) mass is 495 g/mol. The molecular formula is C28H33NO7. The van der Waals surface area contributed by atoms with Crippen LogP contribution in [0.5, 0.6) is 11.5 Å². The molecule has 1 aliphatic heterocycles. The maximum atomic E-state index is 12.6. The van der Waals surface area contributed by atoms with Crippen molar-refractivity contribution in [2.24, 2.45) is 0 Å². The number of methoxy groups -OCH3 is 3. The quantitative estimate of drug-likeness (QED) is 0.373. The summed E-state index contributed by atoms with van der Waals surface area (Å²) in [6.07, 6.45) is 3.52. The lowest BCUT2D eigenvalue weighted by molar-refractivity contribution is -0.145. The van der Waals surface area contributed by atoms with Crippen molar-refractivity contribution < 1.29 is 33.3 Å². The van der Waals surface area contributed by atoms with Crippen LogP contribution in [0, 0.1) is 6.92 Å². The van der Waals surface area contributed by atoms with Crippen LogP contribution < -0.4 is 14.8 Å². The first-order valence-corrected chi connectivity index (χ1v) is 11.8. The van der Waals surface area contributed by atoms with Crippen molar-refractivity contribution in [3.05, 3.63) is 69.8 Å². The van der Waals surface area contributed by atoms with Gasteiger partial charge in [0.05, 0.1) is 21.3 Å². The van der Waals surface area contributed by atoms with Crippen molar-refractivity contribution in [1.29, 1.82) is 0 Å². The lowest BCUT2D eigenvalue weighted by Crippen LogP contribution is -2.43. The Morgan fingerprint density at radius 2 is 1.78 bits per heavy atom. The third-order valence-corrected chi connectivity index (χ3v) is 6.33. The fraction of sp³-hybridized carbons (Fsp3) is 0.393. The van der Waals surface area contributed by atoms with Crippen LogP contribution in [-0.2, 0) is 38.5 Å². The standard InChI is InChI=1S/C28H33NO7/c1-17(12-14-23(30)29-22(27(31)35-5)15-19-9-7-6-8-10-19)11-13-20-25(33-3)18(2)21-16-36-28(32)24(21)26(20)34-4/h6-11,22H,12-16H2,1-5H3,(H,29,30)/b17-11+/t22-/m0/s1. The molecule has 0 saturated carbocycles. The predicted octanol–water partition coefficient (Wildman–Crippen LogP) is 3.85. The molecule has 2 aromatic carbocycles. The molecule has 1 amide bonds. The van der Waals surface area contributed by atoms with Crippen LogP contribution in [0.4, 0.5) is 0 Å². The van der Waals surface area contributed by atoms with Crippen LogP contribution in [0.15, 0.2) is 42.0 Å². The summed E-state index contributed by atoms with van der Waals surface area (Å²) in [5, 5.41) is 2.79. The molecule has 0 spiro atoms. The highest BCUT2D eigenvalue weighted by Crippen LogP contribution is 2.42. The summed E-state index contributed by atoms with van der Waals surface area (Å²) < 4.78 is 21.3. The van der Waals surface area contributed by atoms with Crippen LogP contribution >= 0.6 is 0 Å². The van der Waals surface area contributed by atoms with Gasteiger partial charge in [-0.15, -0.1) is 0 Å². The summed E-state index contributed by atoms with van der Waals surface area (Å²) in [7, 11) is 4.42. The maximum absolute atomic E-state index is 12.6. The van der Waals surface area contributed by atoms with E-state index in [1.807, 2.05) is 50.3 Å². The molecule has 8 nitrogen and oxygen atoms in total. The molecule has 1 heterocycles. The molecule has 0 aliphatic carbocycles. The molecule has 192 valence electrons. The van der Waals surface area contributed by atoms with Gasteiger partial charge in [-0.2, -0.15) is 0 Å². The summed E-state index contributed by atoms with van der Waals surface area (Å²) in [5.41, 5.74) is 4.75.